The van der Waals surface area contributed by atoms with Crippen molar-refractivity contribution in [3.63, 3.8) is 0 Å². The Balaban J connectivity index is 2.10. The van der Waals surface area contributed by atoms with Gasteiger partial charge in [0.1, 0.15) is 0 Å². The maximum absolute atomic E-state index is 11.7. The normalized spacial score (nSPS) is 9.38. The molecular weight excluding hydrogens is 290 g/mol. The second-order valence-corrected chi connectivity index (χ2v) is 4.48. The minimum Gasteiger partial charge on any atom is -0.478 e. The van der Waals surface area contributed by atoms with Crippen LogP contribution in [0.2, 0.25) is 5.02 Å². The third-order valence-electron chi connectivity index (χ3n) is 2.56. The molecule has 0 unspecified atom stereocenters. The van der Waals surface area contributed by atoms with Crippen molar-refractivity contribution >= 4 is 29.2 Å². The Hall–Kier alpha value is -2.77. The quantitative estimate of drug-likeness (QED) is 0.838. The highest BCUT2D eigenvalue weighted by Crippen LogP contribution is 2.22. The Labute approximate surface area is 126 Å². The first-order valence-electron chi connectivity index (χ1n) is 5.97. The van der Waals surface area contributed by atoms with Crippen molar-refractivity contribution in [1.82, 2.24) is 0 Å². The molecular formula is C16H10ClNO3. The minimum absolute atomic E-state index is 0.0494. The number of carboxylic acids is 1. The van der Waals surface area contributed by atoms with Gasteiger partial charge >= 0.3 is 11.9 Å². The van der Waals surface area contributed by atoms with E-state index in [4.69, 9.17) is 16.7 Å². The van der Waals surface area contributed by atoms with Gasteiger partial charge in [0.25, 0.3) is 0 Å². The molecule has 0 radical (unpaired) electrons. The second-order valence-electron chi connectivity index (χ2n) is 4.07. The largest absolute Gasteiger partial charge is 0.478 e. The maximum Gasteiger partial charge on any atom is 0.335 e. The molecule has 0 saturated carbocycles. The van der Waals surface area contributed by atoms with Crippen molar-refractivity contribution < 1.29 is 14.7 Å². The summed E-state index contributed by atoms with van der Waals surface area (Å²) in [5, 5.41) is 11.5. The van der Waals surface area contributed by atoms with Gasteiger partial charge in [-0.15, -0.1) is 0 Å². The molecule has 5 heteroatoms. The molecule has 0 fully saturated rings. The Morgan fingerprint density at radius 2 is 1.81 bits per heavy atom. The number of nitrogens with one attached hydrogen (secondary N) is 1. The van der Waals surface area contributed by atoms with Crippen LogP contribution < -0.4 is 5.32 Å². The van der Waals surface area contributed by atoms with E-state index in [2.05, 4.69) is 17.2 Å². The summed E-state index contributed by atoms with van der Waals surface area (Å²) in [6.45, 7) is 0. The zero-order valence-corrected chi connectivity index (χ0v) is 11.5. The zero-order chi connectivity index (χ0) is 15.2. The lowest BCUT2D eigenvalue weighted by Gasteiger charge is -2.04. The summed E-state index contributed by atoms with van der Waals surface area (Å²) in [5.41, 5.74) is 1.09. The van der Waals surface area contributed by atoms with Crippen LogP contribution in [0.3, 0.4) is 0 Å². The molecule has 2 aromatic rings. The summed E-state index contributed by atoms with van der Waals surface area (Å²) in [7, 11) is 0. The van der Waals surface area contributed by atoms with Gasteiger partial charge in [-0.25, -0.2) is 4.79 Å². The van der Waals surface area contributed by atoms with E-state index in [-0.39, 0.29) is 10.6 Å². The number of amides is 1. The fourth-order valence-electron chi connectivity index (χ4n) is 1.55. The predicted molar refractivity (Wildman–Crippen MR) is 80.4 cm³/mol. The number of carboxylic acid groups (broad SMARTS) is 1. The first kappa shape index (κ1) is 14.6. The van der Waals surface area contributed by atoms with Crippen LogP contribution >= 0.6 is 11.6 Å². The van der Waals surface area contributed by atoms with E-state index in [1.807, 2.05) is 18.2 Å². The number of carbonyl (C=O) groups is 2. The van der Waals surface area contributed by atoms with Crippen LogP contribution in [-0.2, 0) is 4.79 Å². The number of halogens is 1. The monoisotopic (exact) mass is 299 g/mol. The van der Waals surface area contributed by atoms with E-state index in [1.54, 1.807) is 12.1 Å². The molecule has 0 atom stereocenters. The average molecular weight is 300 g/mol. The highest BCUT2D eigenvalue weighted by Gasteiger charge is 2.08. The molecule has 0 spiro atoms. The fraction of sp³-hybridized carbons (Fsp3) is 0. The molecule has 0 aliphatic carbocycles. The SMILES string of the molecule is O=C(C#Cc1ccccc1)Nc1ccc(C(=O)O)cc1Cl. The zero-order valence-electron chi connectivity index (χ0n) is 10.8. The third kappa shape index (κ3) is 4.10. The molecule has 2 aromatic carbocycles. The number of carbonyl (C=O) groups excluding carboxylic acids is 1. The average Bonchev–Trinajstić information content (AvgIpc) is 2.48. The van der Waals surface area contributed by atoms with Crippen LogP contribution in [0.1, 0.15) is 15.9 Å². The van der Waals surface area contributed by atoms with E-state index in [0.717, 1.165) is 5.56 Å². The lowest BCUT2D eigenvalue weighted by atomic mass is 10.2. The summed E-state index contributed by atoms with van der Waals surface area (Å²) in [4.78, 5) is 22.5. The van der Waals surface area contributed by atoms with Gasteiger partial charge in [0.05, 0.1) is 16.3 Å². The van der Waals surface area contributed by atoms with Crippen molar-refractivity contribution in [1.29, 1.82) is 0 Å². The van der Waals surface area contributed by atoms with Crippen LogP contribution in [0.5, 0.6) is 0 Å². The summed E-state index contributed by atoms with van der Waals surface area (Å²) in [6, 6.07) is 13.1. The molecule has 4 nitrogen and oxygen atoms in total. The van der Waals surface area contributed by atoms with E-state index in [9.17, 15) is 9.59 Å². The van der Waals surface area contributed by atoms with Crippen molar-refractivity contribution in [3.8, 4) is 11.8 Å². The molecule has 0 bridgehead atoms. The summed E-state index contributed by atoms with van der Waals surface area (Å²) in [5.74, 6) is 3.54. The molecule has 0 saturated heterocycles. The number of hydrogen-bond donors (Lipinski definition) is 2. The van der Waals surface area contributed by atoms with Gasteiger partial charge in [0.2, 0.25) is 0 Å². The molecule has 21 heavy (non-hydrogen) atoms. The van der Waals surface area contributed by atoms with E-state index >= 15 is 0 Å². The van der Waals surface area contributed by atoms with E-state index in [1.165, 1.54) is 18.2 Å². The second kappa shape index (κ2) is 6.60. The van der Waals surface area contributed by atoms with Gasteiger partial charge in [-0.3, -0.25) is 4.79 Å². The van der Waals surface area contributed by atoms with Crippen molar-refractivity contribution in [2.24, 2.45) is 0 Å². The topological polar surface area (TPSA) is 66.4 Å². The molecule has 0 heterocycles. The Morgan fingerprint density at radius 1 is 1.10 bits per heavy atom. The van der Waals surface area contributed by atoms with Crippen LogP contribution in [-0.4, -0.2) is 17.0 Å². The number of benzene rings is 2. The van der Waals surface area contributed by atoms with Gasteiger partial charge in [-0.2, -0.15) is 0 Å². The van der Waals surface area contributed by atoms with Crippen LogP contribution in [0.15, 0.2) is 48.5 Å². The lowest BCUT2D eigenvalue weighted by Crippen LogP contribution is -2.09. The fourth-order valence-corrected chi connectivity index (χ4v) is 1.78. The number of aromatic carboxylic acids is 1. The molecule has 2 rings (SSSR count). The molecule has 0 aliphatic rings. The van der Waals surface area contributed by atoms with Crippen LogP contribution in [0.25, 0.3) is 0 Å². The molecule has 0 aliphatic heterocycles. The van der Waals surface area contributed by atoms with Crippen molar-refractivity contribution in [3.05, 3.63) is 64.7 Å². The number of anilines is 1. The highest BCUT2D eigenvalue weighted by molar-refractivity contribution is 6.34. The molecule has 2 N–H and O–H groups in total. The van der Waals surface area contributed by atoms with Gasteiger partial charge in [0.15, 0.2) is 0 Å². The number of rotatable bonds is 2. The minimum atomic E-state index is -1.08. The lowest BCUT2D eigenvalue weighted by molar-refractivity contribution is -0.111. The molecule has 104 valence electrons. The smallest absolute Gasteiger partial charge is 0.335 e. The summed E-state index contributed by atoms with van der Waals surface area (Å²) >= 11 is 5.91. The Kier molecular flexibility index (Phi) is 4.60. The third-order valence-corrected chi connectivity index (χ3v) is 2.87. The standard InChI is InChI=1S/C16H10ClNO3/c17-13-10-12(16(20)21)7-8-14(13)18-15(19)9-6-11-4-2-1-3-5-11/h1-5,7-8,10H,(H,18,19)(H,20,21). The molecule has 1 amide bonds. The highest BCUT2D eigenvalue weighted by atomic mass is 35.5. The van der Waals surface area contributed by atoms with Crippen LogP contribution in [0.4, 0.5) is 5.69 Å². The molecule has 0 aromatic heterocycles. The van der Waals surface area contributed by atoms with Crippen molar-refractivity contribution in [2.45, 2.75) is 0 Å². The summed E-state index contributed by atoms with van der Waals surface area (Å²) < 4.78 is 0. The van der Waals surface area contributed by atoms with Crippen molar-refractivity contribution in [2.75, 3.05) is 5.32 Å². The van der Waals surface area contributed by atoms with Gasteiger partial charge in [0, 0.05) is 11.5 Å². The van der Waals surface area contributed by atoms with E-state index < -0.39 is 11.9 Å². The van der Waals surface area contributed by atoms with Gasteiger partial charge in [-0.1, -0.05) is 35.7 Å². The summed E-state index contributed by atoms with van der Waals surface area (Å²) in [6.07, 6.45) is 0. The van der Waals surface area contributed by atoms with Gasteiger partial charge < -0.3 is 10.4 Å². The maximum atomic E-state index is 11.7. The number of hydrogen-bond acceptors (Lipinski definition) is 2. The first-order chi connectivity index (χ1) is 10.1. The van der Waals surface area contributed by atoms with Gasteiger partial charge in [-0.05, 0) is 30.3 Å². The Morgan fingerprint density at radius 3 is 2.43 bits per heavy atom. The van der Waals surface area contributed by atoms with E-state index in [0.29, 0.717) is 5.69 Å². The predicted octanol–water partition coefficient (Wildman–Crippen LogP) is 3.03. The van der Waals surface area contributed by atoms with Crippen LogP contribution in [0, 0.1) is 11.8 Å². The first-order valence-corrected chi connectivity index (χ1v) is 6.35. The Bertz CT molecular complexity index is 745.